The molecule has 0 radical (unpaired) electrons. The highest BCUT2D eigenvalue weighted by Crippen LogP contribution is 2.17. The summed E-state index contributed by atoms with van der Waals surface area (Å²) in [4.78, 5) is 11.9. The number of ketones is 1. The summed E-state index contributed by atoms with van der Waals surface area (Å²) < 4.78 is 0. The third-order valence-corrected chi connectivity index (χ3v) is 10.3. The number of hydrogen-bond donors (Lipinski definition) is 0. The normalized spacial score (nSPS) is 11.3. The van der Waals surface area contributed by atoms with E-state index in [9.17, 15) is 4.79 Å². The maximum atomic E-state index is 11.9. The van der Waals surface area contributed by atoms with Crippen LogP contribution in [0.3, 0.4) is 0 Å². The molecule has 1 nitrogen and oxygen atoms in total. The van der Waals surface area contributed by atoms with E-state index in [1.165, 1.54) is 15.6 Å². The van der Waals surface area contributed by atoms with Gasteiger partial charge in [-0.1, -0.05) is 97.9 Å². The van der Waals surface area contributed by atoms with Crippen LogP contribution in [0.1, 0.15) is 26.2 Å². The van der Waals surface area contributed by atoms with E-state index in [1.807, 2.05) is 6.92 Å². The molecule has 0 unspecified atom stereocenters. The van der Waals surface area contributed by atoms with Crippen molar-refractivity contribution in [1.82, 2.24) is 0 Å². The fourth-order valence-electron chi connectivity index (χ4n) is 3.83. The Morgan fingerprint density at radius 3 is 1.42 bits per heavy atom. The Bertz CT molecular complexity index is 716. The fraction of sp³-hybridized carbons (Fsp3) is 0.208. The van der Waals surface area contributed by atoms with Crippen LogP contribution in [-0.2, 0) is 4.79 Å². The van der Waals surface area contributed by atoms with Gasteiger partial charge in [-0.3, -0.25) is 4.79 Å². The molecule has 0 aliphatic carbocycles. The average molecular weight is 359 g/mol. The highest BCUT2D eigenvalue weighted by atomic mass is 28.3. The van der Waals surface area contributed by atoms with Crippen LogP contribution in [-0.4, -0.2) is 13.9 Å². The lowest BCUT2D eigenvalue weighted by Crippen LogP contribution is -2.66. The molecule has 0 heterocycles. The van der Waals surface area contributed by atoms with Gasteiger partial charge >= 0.3 is 0 Å². The van der Waals surface area contributed by atoms with Gasteiger partial charge in [0.1, 0.15) is 13.9 Å². The second-order valence-electron chi connectivity index (χ2n) is 6.75. The van der Waals surface area contributed by atoms with Crippen LogP contribution < -0.4 is 15.6 Å². The molecular formula is C24H26OSi. The van der Waals surface area contributed by atoms with Crippen LogP contribution in [0.2, 0.25) is 6.04 Å². The molecule has 0 spiro atoms. The Labute approximate surface area is 157 Å². The molecule has 2 heteroatoms. The van der Waals surface area contributed by atoms with Crippen molar-refractivity contribution < 1.29 is 4.79 Å². The number of Topliss-reactive ketones (excluding diaryl/α,β-unsaturated/α-hetero) is 1. The van der Waals surface area contributed by atoms with Crippen molar-refractivity contribution >= 4 is 29.4 Å². The molecule has 132 valence electrons. The lowest BCUT2D eigenvalue weighted by Gasteiger charge is -2.34. The first-order valence-electron chi connectivity index (χ1n) is 9.45. The molecule has 0 saturated heterocycles. The first kappa shape index (κ1) is 18.3. The number of carbonyl (C=O) groups is 1. The van der Waals surface area contributed by atoms with Gasteiger partial charge in [0.15, 0.2) is 0 Å². The van der Waals surface area contributed by atoms with Gasteiger partial charge < -0.3 is 0 Å². The van der Waals surface area contributed by atoms with E-state index in [2.05, 4.69) is 91.0 Å². The molecule has 3 aromatic rings. The number of benzene rings is 3. The highest BCUT2D eigenvalue weighted by Gasteiger charge is 2.38. The lowest BCUT2D eigenvalue weighted by molar-refractivity contribution is -0.118. The zero-order valence-electron chi connectivity index (χ0n) is 15.4. The van der Waals surface area contributed by atoms with E-state index in [0.717, 1.165) is 12.5 Å². The van der Waals surface area contributed by atoms with Crippen LogP contribution in [0, 0.1) is 0 Å². The lowest BCUT2D eigenvalue weighted by atomic mass is 10.2. The second kappa shape index (κ2) is 8.77. The van der Waals surface area contributed by atoms with E-state index >= 15 is 0 Å². The minimum absolute atomic E-state index is 0.363. The minimum Gasteiger partial charge on any atom is -0.300 e. The maximum Gasteiger partial charge on any atom is 0.148 e. The summed E-state index contributed by atoms with van der Waals surface area (Å²) in [5, 5.41) is 4.25. The maximum absolute atomic E-state index is 11.9. The Hall–Kier alpha value is -2.45. The largest absolute Gasteiger partial charge is 0.300 e. The summed E-state index contributed by atoms with van der Waals surface area (Å²) in [7, 11) is -2.16. The van der Waals surface area contributed by atoms with Gasteiger partial charge in [0.2, 0.25) is 0 Å². The molecule has 26 heavy (non-hydrogen) atoms. The molecule has 0 aliphatic heterocycles. The van der Waals surface area contributed by atoms with Gasteiger partial charge in [-0.25, -0.2) is 0 Å². The van der Waals surface area contributed by atoms with Gasteiger partial charge in [-0.2, -0.15) is 0 Å². The van der Waals surface area contributed by atoms with Crippen LogP contribution in [0.5, 0.6) is 0 Å². The topological polar surface area (TPSA) is 17.1 Å². The molecule has 0 saturated carbocycles. The molecule has 3 rings (SSSR count). The summed E-state index contributed by atoms with van der Waals surface area (Å²) in [6.45, 7) is 1.96. The number of carbonyl (C=O) groups excluding carboxylic acids is 1. The molecule has 0 N–H and O–H groups in total. The van der Waals surface area contributed by atoms with Crippen LogP contribution in [0.25, 0.3) is 0 Å². The quantitative estimate of drug-likeness (QED) is 0.441. The van der Waals surface area contributed by atoms with Crippen molar-refractivity contribution in [3.05, 3.63) is 91.0 Å². The van der Waals surface area contributed by atoms with Crippen molar-refractivity contribution in [2.45, 2.75) is 32.2 Å². The summed E-state index contributed by atoms with van der Waals surface area (Å²) in [5.74, 6) is 0.363. The van der Waals surface area contributed by atoms with Crippen LogP contribution in [0.4, 0.5) is 0 Å². The van der Waals surface area contributed by atoms with E-state index < -0.39 is 8.07 Å². The molecular weight excluding hydrogens is 332 g/mol. The minimum atomic E-state index is -2.16. The monoisotopic (exact) mass is 358 g/mol. The standard InChI is InChI=1S/C24H26OSi/c1-2-21(25)13-12-20-26(22-14-6-3-7-15-22,23-16-8-4-9-17-23)24-18-10-5-11-19-24/h3-11,14-19H,2,12-13,20H2,1H3. The predicted molar refractivity (Wildman–Crippen MR) is 113 cm³/mol. The molecule has 0 bridgehead atoms. The summed E-state index contributed by atoms with van der Waals surface area (Å²) in [6.07, 6.45) is 2.26. The molecule has 3 aromatic carbocycles. The van der Waals surface area contributed by atoms with Crippen molar-refractivity contribution in [3.8, 4) is 0 Å². The number of hydrogen-bond acceptors (Lipinski definition) is 1. The third-order valence-electron chi connectivity index (χ3n) is 5.20. The van der Waals surface area contributed by atoms with Gasteiger partial charge in [-0.15, -0.1) is 0 Å². The van der Waals surface area contributed by atoms with Gasteiger partial charge in [0, 0.05) is 12.8 Å². The van der Waals surface area contributed by atoms with E-state index in [1.54, 1.807) is 0 Å². The Balaban J connectivity index is 2.13. The van der Waals surface area contributed by atoms with Gasteiger partial charge in [0.25, 0.3) is 0 Å². The second-order valence-corrected chi connectivity index (χ2v) is 10.8. The first-order valence-corrected chi connectivity index (χ1v) is 11.7. The van der Waals surface area contributed by atoms with E-state index in [-0.39, 0.29) is 0 Å². The summed E-state index contributed by atoms with van der Waals surface area (Å²) in [5.41, 5.74) is 0. The predicted octanol–water partition coefficient (Wildman–Crippen LogP) is 3.92. The highest BCUT2D eigenvalue weighted by molar-refractivity contribution is 7.11. The number of rotatable bonds is 8. The molecule has 0 atom stereocenters. The Morgan fingerprint density at radius 1 is 0.692 bits per heavy atom. The van der Waals surface area contributed by atoms with Crippen molar-refractivity contribution in [1.29, 1.82) is 0 Å². The first-order chi connectivity index (χ1) is 12.8. The molecule has 0 amide bonds. The van der Waals surface area contributed by atoms with Crippen molar-refractivity contribution in [2.75, 3.05) is 0 Å². The van der Waals surface area contributed by atoms with Gasteiger partial charge in [0.05, 0.1) is 0 Å². The molecule has 0 aromatic heterocycles. The fourth-order valence-corrected chi connectivity index (χ4v) is 8.69. The van der Waals surface area contributed by atoms with Crippen molar-refractivity contribution in [3.63, 3.8) is 0 Å². The van der Waals surface area contributed by atoms with Crippen LogP contribution in [0.15, 0.2) is 91.0 Å². The Kier molecular flexibility index (Phi) is 6.19. The third kappa shape index (κ3) is 3.86. The smallest absolute Gasteiger partial charge is 0.148 e. The van der Waals surface area contributed by atoms with Gasteiger partial charge in [-0.05, 0) is 28.0 Å². The van der Waals surface area contributed by atoms with E-state index in [0.29, 0.717) is 18.6 Å². The van der Waals surface area contributed by atoms with Crippen molar-refractivity contribution in [2.24, 2.45) is 0 Å². The zero-order chi connectivity index (χ0) is 18.2. The van der Waals surface area contributed by atoms with Crippen LogP contribution >= 0.6 is 0 Å². The summed E-state index contributed by atoms with van der Waals surface area (Å²) >= 11 is 0. The molecule has 0 fully saturated rings. The summed E-state index contributed by atoms with van der Waals surface area (Å²) in [6, 6.07) is 33.8. The SMILES string of the molecule is CCC(=O)CCC[Si](c1ccccc1)(c1ccccc1)c1ccccc1. The molecule has 0 aliphatic rings. The Morgan fingerprint density at radius 2 is 1.08 bits per heavy atom. The zero-order valence-corrected chi connectivity index (χ0v) is 16.4. The average Bonchev–Trinajstić information content (AvgIpc) is 2.73. The van der Waals surface area contributed by atoms with E-state index in [4.69, 9.17) is 0 Å².